The third kappa shape index (κ3) is 4.04. The molecule has 0 unspecified atom stereocenters. The Balaban J connectivity index is 1.88. The number of hydrogen-bond donors (Lipinski definition) is 1. The van der Waals surface area contributed by atoms with Crippen molar-refractivity contribution in [1.29, 1.82) is 0 Å². The zero-order valence-corrected chi connectivity index (χ0v) is 14.8. The number of rotatable bonds is 3. The van der Waals surface area contributed by atoms with Gasteiger partial charge < -0.3 is 5.32 Å². The Morgan fingerprint density at radius 1 is 1.00 bits per heavy atom. The van der Waals surface area contributed by atoms with E-state index in [0.717, 1.165) is 18.9 Å². The highest BCUT2D eigenvalue weighted by atomic mass is 35.5. The molecule has 0 spiro atoms. The molecule has 2 atom stereocenters. The third-order valence-corrected chi connectivity index (χ3v) is 5.20. The minimum absolute atomic E-state index is 0.254. The van der Waals surface area contributed by atoms with E-state index in [4.69, 9.17) is 11.6 Å². The largest absolute Gasteiger partial charge is 0.416 e. The second kappa shape index (κ2) is 7.70. The summed E-state index contributed by atoms with van der Waals surface area (Å²) in [5, 5.41) is 3.24. The number of amides is 1. The molecule has 6 heteroatoms. The van der Waals surface area contributed by atoms with Gasteiger partial charge in [0.1, 0.15) is 0 Å². The van der Waals surface area contributed by atoms with E-state index < -0.39 is 11.7 Å². The summed E-state index contributed by atoms with van der Waals surface area (Å²) in [6, 6.07) is 12.0. The van der Waals surface area contributed by atoms with E-state index in [2.05, 4.69) is 5.32 Å². The highest BCUT2D eigenvalue weighted by Gasteiger charge is 2.38. The molecule has 1 aliphatic rings. The van der Waals surface area contributed by atoms with Crippen LogP contribution in [0.15, 0.2) is 48.5 Å². The number of carbonyl (C=O) groups excluding carboxylic acids is 1. The number of halogens is 4. The van der Waals surface area contributed by atoms with Crippen molar-refractivity contribution in [3.8, 4) is 0 Å². The first-order valence-electron chi connectivity index (χ1n) is 8.59. The first-order valence-corrected chi connectivity index (χ1v) is 8.97. The van der Waals surface area contributed by atoms with E-state index in [1.54, 1.807) is 30.3 Å². The van der Waals surface area contributed by atoms with Gasteiger partial charge in [0.25, 0.3) is 5.91 Å². The second-order valence-electron chi connectivity index (χ2n) is 6.54. The molecular weight excluding hydrogens is 363 g/mol. The molecule has 2 aromatic rings. The highest BCUT2D eigenvalue weighted by Crippen LogP contribution is 2.40. The standard InChI is InChI=1S/C20H19ClF3NO/c21-17-11-5-2-9-15(17)19(26)25-18-12-6-3-8-14(18)13-7-1-4-10-16(13)20(22,23)24/h1-2,4-5,7,9-11,14,18H,3,6,8,12H2,(H,25,26)/t14-,18+/m0/s1. The molecule has 1 N–H and O–H groups in total. The molecule has 1 saturated carbocycles. The van der Waals surface area contributed by atoms with E-state index in [1.165, 1.54) is 12.1 Å². The van der Waals surface area contributed by atoms with Gasteiger partial charge in [-0.2, -0.15) is 13.2 Å². The minimum Gasteiger partial charge on any atom is -0.349 e. The summed E-state index contributed by atoms with van der Waals surface area (Å²) in [4.78, 5) is 12.6. The molecule has 0 aliphatic heterocycles. The summed E-state index contributed by atoms with van der Waals surface area (Å²) in [5.74, 6) is -0.718. The second-order valence-corrected chi connectivity index (χ2v) is 6.94. The van der Waals surface area contributed by atoms with Gasteiger partial charge in [-0.15, -0.1) is 0 Å². The fraction of sp³-hybridized carbons (Fsp3) is 0.350. The number of benzene rings is 2. The first-order chi connectivity index (χ1) is 12.4. The number of alkyl halides is 3. The lowest BCUT2D eigenvalue weighted by atomic mass is 9.78. The molecule has 138 valence electrons. The van der Waals surface area contributed by atoms with Crippen LogP contribution in [0.2, 0.25) is 5.02 Å². The zero-order chi connectivity index (χ0) is 18.7. The predicted molar refractivity (Wildman–Crippen MR) is 95.4 cm³/mol. The van der Waals surface area contributed by atoms with Crippen LogP contribution in [-0.4, -0.2) is 11.9 Å². The summed E-state index contributed by atoms with van der Waals surface area (Å²) in [6.07, 6.45) is -1.44. The Hall–Kier alpha value is -2.01. The molecule has 1 amide bonds. The van der Waals surface area contributed by atoms with Gasteiger partial charge in [0, 0.05) is 12.0 Å². The predicted octanol–water partition coefficient (Wildman–Crippen LogP) is 5.82. The fourth-order valence-electron chi connectivity index (χ4n) is 3.65. The Morgan fingerprint density at radius 2 is 1.65 bits per heavy atom. The Bertz CT molecular complexity index is 791. The van der Waals surface area contributed by atoms with Gasteiger partial charge in [0.05, 0.1) is 16.1 Å². The number of nitrogens with one attached hydrogen (secondary N) is 1. The van der Waals surface area contributed by atoms with Gasteiger partial charge in [-0.3, -0.25) is 4.79 Å². The summed E-state index contributed by atoms with van der Waals surface area (Å²) < 4.78 is 40.2. The van der Waals surface area contributed by atoms with Gasteiger partial charge in [-0.1, -0.05) is 54.8 Å². The lowest BCUT2D eigenvalue weighted by Crippen LogP contribution is -2.41. The van der Waals surface area contributed by atoms with Crippen LogP contribution in [0.1, 0.15) is 53.1 Å². The molecule has 1 fully saturated rings. The van der Waals surface area contributed by atoms with Crippen LogP contribution < -0.4 is 5.32 Å². The average molecular weight is 382 g/mol. The van der Waals surface area contributed by atoms with E-state index in [1.807, 2.05) is 0 Å². The van der Waals surface area contributed by atoms with Gasteiger partial charge in [-0.05, 0) is 36.6 Å². The average Bonchev–Trinajstić information content (AvgIpc) is 2.62. The number of carbonyl (C=O) groups is 1. The summed E-state index contributed by atoms with van der Waals surface area (Å²) in [5.41, 5.74) is -0.0318. The molecule has 2 aromatic carbocycles. The van der Waals surface area contributed by atoms with Gasteiger partial charge in [-0.25, -0.2) is 0 Å². The number of hydrogen-bond acceptors (Lipinski definition) is 1. The molecule has 1 aliphatic carbocycles. The zero-order valence-electron chi connectivity index (χ0n) is 14.0. The van der Waals surface area contributed by atoms with Crippen LogP contribution in [-0.2, 0) is 6.18 Å². The van der Waals surface area contributed by atoms with E-state index in [9.17, 15) is 18.0 Å². The molecule has 2 nitrogen and oxygen atoms in total. The topological polar surface area (TPSA) is 29.1 Å². The highest BCUT2D eigenvalue weighted by molar-refractivity contribution is 6.33. The normalized spacial score (nSPS) is 20.6. The van der Waals surface area contributed by atoms with Crippen molar-refractivity contribution in [3.05, 3.63) is 70.2 Å². The van der Waals surface area contributed by atoms with Crippen molar-refractivity contribution < 1.29 is 18.0 Å². The van der Waals surface area contributed by atoms with Crippen molar-refractivity contribution in [3.63, 3.8) is 0 Å². The van der Waals surface area contributed by atoms with Crippen LogP contribution in [0.3, 0.4) is 0 Å². The van der Waals surface area contributed by atoms with Crippen LogP contribution >= 0.6 is 11.6 Å². The van der Waals surface area contributed by atoms with Crippen LogP contribution in [0, 0.1) is 0 Å². The van der Waals surface area contributed by atoms with E-state index >= 15 is 0 Å². The smallest absolute Gasteiger partial charge is 0.349 e. The molecule has 0 radical (unpaired) electrons. The minimum atomic E-state index is -4.41. The molecule has 26 heavy (non-hydrogen) atoms. The SMILES string of the molecule is O=C(N[C@@H]1CCCC[C@H]1c1ccccc1C(F)(F)F)c1ccccc1Cl. The molecule has 0 heterocycles. The van der Waals surface area contributed by atoms with Crippen LogP contribution in [0.5, 0.6) is 0 Å². The van der Waals surface area contributed by atoms with Crippen molar-refractivity contribution in [2.24, 2.45) is 0 Å². The maximum Gasteiger partial charge on any atom is 0.416 e. The summed E-state index contributed by atoms with van der Waals surface area (Å²) in [6.45, 7) is 0. The van der Waals surface area contributed by atoms with E-state index in [0.29, 0.717) is 23.4 Å². The lowest BCUT2D eigenvalue weighted by molar-refractivity contribution is -0.138. The van der Waals surface area contributed by atoms with E-state index in [-0.39, 0.29) is 23.4 Å². The van der Waals surface area contributed by atoms with Gasteiger partial charge in [0.2, 0.25) is 0 Å². The quantitative estimate of drug-likeness (QED) is 0.713. The molecular formula is C20H19ClF3NO. The van der Waals surface area contributed by atoms with Crippen molar-refractivity contribution in [2.45, 2.75) is 43.8 Å². The lowest BCUT2D eigenvalue weighted by Gasteiger charge is -2.34. The molecule has 0 aromatic heterocycles. The maximum atomic E-state index is 13.4. The molecule has 3 rings (SSSR count). The van der Waals surface area contributed by atoms with Gasteiger partial charge >= 0.3 is 6.18 Å². The van der Waals surface area contributed by atoms with Crippen molar-refractivity contribution in [1.82, 2.24) is 5.32 Å². The van der Waals surface area contributed by atoms with Crippen molar-refractivity contribution in [2.75, 3.05) is 0 Å². The third-order valence-electron chi connectivity index (χ3n) is 4.87. The van der Waals surface area contributed by atoms with Crippen LogP contribution in [0.4, 0.5) is 13.2 Å². The monoisotopic (exact) mass is 381 g/mol. The summed E-state index contributed by atoms with van der Waals surface area (Å²) in [7, 11) is 0. The molecule has 0 bridgehead atoms. The van der Waals surface area contributed by atoms with Gasteiger partial charge in [0.15, 0.2) is 0 Å². The molecule has 0 saturated heterocycles. The van der Waals surface area contributed by atoms with Crippen molar-refractivity contribution >= 4 is 17.5 Å². The Kier molecular flexibility index (Phi) is 5.56. The summed E-state index contributed by atoms with van der Waals surface area (Å²) >= 11 is 6.07. The maximum absolute atomic E-state index is 13.4. The fourth-order valence-corrected chi connectivity index (χ4v) is 3.87. The Morgan fingerprint density at radius 3 is 2.38 bits per heavy atom. The van der Waals surface area contributed by atoms with Crippen LogP contribution in [0.25, 0.3) is 0 Å². The Labute approximate surface area is 155 Å². The first kappa shape index (κ1) is 18.8.